The molecule has 2 aliphatic rings. The molecule has 0 aromatic rings. The van der Waals surface area contributed by atoms with Crippen LogP contribution in [0, 0.1) is 0 Å². The van der Waals surface area contributed by atoms with Gasteiger partial charge < -0.3 is 19.1 Å². The summed E-state index contributed by atoms with van der Waals surface area (Å²) >= 11 is 0. The van der Waals surface area contributed by atoms with Crippen molar-refractivity contribution in [3.8, 4) is 0 Å². The molecule has 23 heavy (non-hydrogen) atoms. The van der Waals surface area contributed by atoms with E-state index in [9.17, 15) is 22.6 Å². The number of carbonyl (C=O) groups is 2. The fraction of sp³-hybridized carbons (Fsp3) is 0.636. The Kier molecular flexibility index (Phi) is 6.61. The Hall–Kier alpha value is -0.690. The topological polar surface area (TPSA) is 120 Å². The molecule has 0 spiro atoms. The molecular weight excluding hydrogens is 341 g/mol. The number of fused-ring (bicyclic) bond motifs is 2. The van der Waals surface area contributed by atoms with Gasteiger partial charge in [0.05, 0.1) is 19.2 Å². The van der Waals surface area contributed by atoms with Crippen molar-refractivity contribution in [3.63, 3.8) is 0 Å². The standard InChI is InChI=1S/C11H17N3O7S.Na/c1-12(2)10(15)8-4-7(6-20-3)13-5-9(8)14(11(13)16)21-22(17,18)19;/h4,7,9H,5-6H2,1-3H3,(H,17,18,19);/q;+1/p-1/t7-,9+;/m0./s1. The van der Waals surface area contributed by atoms with Crippen LogP contribution in [0.15, 0.2) is 11.6 Å². The molecule has 0 saturated carbocycles. The van der Waals surface area contributed by atoms with Gasteiger partial charge in [0.2, 0.25) is 10.4 Å². The molecule has 3 amide bonds. The van der Waals surface area contributed by atoms with Crippen molar-refractivity contribution in [1.29, 1.82) is 0 Å². The molecule has 2 rings (SSSR count). The predicted octanol–water partition coefficient (Wildman–Crippen LogP) is -4.47. The maximum absolute atomic E-state index is 12.2. The molecule has 2 bridgehead atoms. The van der Waals surface area contributed by atoms with Crippen molar-refractivity contribution in [2.24, 2.45) is 0 Å². The Morgan fingerprint density at radius 3 is 2.57 bits per heavy atom. The van der Waals surface area contributed by atoms with Crippen molar-refractivity contribution in [2.75, 3.05) is 34.4 Å². The first kappa shape index (κ1) is 20.4. The van der Waals surface area contributed by atoms with Gasteiger partial charge >= 0.3 is 35.6 Å². The Labute approximate surface area is 156 Å². The number of urea groups is 1. The molecule has 2 aliphatic heterocycles. The molecule has 0 aromatic heterocycles. The third kappa shape index (κ3) is 4.24. The van der Waals surface area contributed by atoms with Gasteiger partial charge in [0, 0.05) is 26.8 Å². The number of likely N-dealkylation sites (N-methyl/N-ethyl adjacent to an activating group) is 1. The number of hydrogen-bond acceptors (Lipinski definition) is 7. The van der Waals surface area contributed by atoms with Crippen LogP contribution >= 0.6 is 0 Å². The number of ether oxygens (including phenoxy) is 1. The second kappa shape index (κ2) is 7.47. The average Bonchev–Trinajstić information content (AvgIpc) is 2.66. The fourth-order valence-electron chi connectivity index (χ4n) is 2.47. The first-order chi connectivity index (χ1) is 10.2. The smallest absolute Gasteiger partial charge is 0.724 e. The molecule has 12 heteroatoms. The molecule has 124 valence electrons. The van der Waals surface area contributed by atoms with Gasteiger partial charge in [-0.3, -0.25) is 4.79 Å². The van der Waals surface area contributed by atoms with E-state index in [0.29, 0.717) is 5.06 Å². The van der Waals surface area contributed by atoms with E-state index in [1.54, 1.807) is 0 Å². The molecule has 1 fully saturated rings. The Balaban J connectivity index is 0.00000264. The van der Waals surface area contributed by atoms with E-state index in [0.717, 1.165) is 0 Å². The van der Waals surface area contributed by atoms with Crippen LogP contribution in [0.4, 0.5) is 4.79 Å². The maximum atomic E-state index is 12.2. The van der Waals surface area contributed by atoms with Crippen molar-refractivity contribution in [3.05, 3.63) is 11.6 Å². The van der Waals surface area contributed by atoms with E-state index in [1.165, 1.54) is 37.1 Å². The number of methoxy groups -OCH3 is 1. The summed E-state index contributed by atoms with van der Waals surface area (Å²) in [5.41, 5.74) is 0.179. The second-order valence-corrected chi connectivity index (χ2v) is 6.07. The minimum atomic E-state index is -5.13. The van der Waals surface area contributed by atoms with Gasteiger partial charge in [0.25, 0.3) is 5.91 Å². The normalized spacial score (nSPS) is 23.5. The first-order valence-electron chi connectivity index (χ1n) is 6.33. The summed E-state index contributed by atoms with van der Waals surface area (Å²) in [7, 11) is -0.656. The van der Waals surface area contributed by atoms with Gasteiger partial charge in [-0.1, -0.05) is 0 Å². The summed E-state index contributed by atoms with van der Waals surface area (Å²) in [5, 5.41) is 0.436. The van der Waals surface area contributed by atoms with Crippen molar-refractivity contribution >= 4 is 22.3 Å². The van der Waals surface area contributed by atoms with Crippen molar-refractivity contribution in [1.82, 2.24) is 14.9 Å². The van der Waals surface area contributed by atoms with Crippen LogP contribution in [0.25, 0.3) is 0 Å². The molecule has 0 N–H and O–H groups in total. The molecule has 0 unspecified atom stereocenters. The van der Waals surface area contributed by atoms with Gasteiger partial charge in [-0.25, -0.2) is 13.2 Å². The van der Waals surface area contributed by atoms with Gasteiger partial charge in [-0.15, -0.1) is 0 Å². The van der Waals surface area contributed by atoms with Gasteiger partial charge in [0.1, 0.15) is 6.04 Å². The van der Waals surface area contributed by atoms with E-state index in [1.807, 2.05) is 0 Å². The van der Waals surface area contributed by atoms with E-state index < -0.39 is 34.4 Å². The van der Waals surface area contributed by atoms with Gasteiger partial charge in [-0.2, -0.15) is 9.35 Å². The van der Waals surface area contributed by atoms with Crippen molar-refractivity contribution < 1.29 is 61.1 Å². The van der Waals surface area contributed by atoms with E-state index in [2.05, 4.69) is 4.28 Å². The SMILES string of the molecule is COC[C@@H]1C=C(C(=O)N(C)C)[C@H]2CN1C(=O)N2OS(=O)(=O)[O-].[Na+]. The summed E-state index contributed by atoms with van der Waals surface area (Å²) in [6.45, 7) is 0.161. The third-order valence-corrected chi connectivity index (χ3v) is 3.72. The minimum absolute atomic E-state index is 0. The summed E-state index contributed by atoms with van der Waals surface area (Å²) in [5.74, 6) is -0.405. The summed E-state index contributed by atoms with van der Waals surface area (Å²) in [6, 6.07) is -2.31. The van der Waals surface area contributed by atoms with E-state index in [-0.39, 0.29) is 48.3 Å². The monoisotopic (exact) mass is 357 g/mol. The predicted molar refractivity (Wildman–Crippen MR) is 71.0 cm³/mol. The molecule has 0 aliphatic carbocycles. The molecule has 2 atom stereocenters. The number of amides is 3. The van der Waals surface area contributed by atoms with Gasteiger partial charge in [0.15, 0.2) is 0 Å². The Bertz CT molecular complexity index is 621. The summed E-state index contributed by atoms with van der Waals surface area (Å²) in [4.78, 5) is 27.0. The fourth-order valence-corrected chi connectivity index (χ4v) is 2.84. The quantitative estimate of drug-likeness (QED) is 0.276. The van der Waals surface area contributed by atoms with Crippen LogP contribution in [-0.4, -0.2) is 86.2 Å². The van der Waals surface area contributed by atoms with Crippen LogP contribution in [0.5, 0.6) is 0 Å². The first-order valence-corrected chi connectivity index (χ1v) is 7.66. The molecule has 0 radical (unpaired) electrons. The maximum Gasteiger partial charge on any atom is 1.00 e. The largest absolute Gasteiger partial charge is 1.00 e. The van der Waals surface area contributed by atoms with Crippen LogP contribution in [-0.2, 0) is 24.2 Å². The third-order valence-electron chi connectivity index (χ3n) is 3.38. The molecule has 0 aromatic carbocycles. The number of carbonyl (C=O) groups excluding carboxylic acids is 2. The summed E-state index contributed by atoms with van der Waals surface area (Å²) in [6.07, 6.45) is 1.53. The number of nitrogens with zero attached hydrogens (tertiary/aromatic N) is 3. The number of rotatable bonds is 5. The Morgan fingerprint density at radius 1 is 1.48 bits per heavy atom. The Morgan fingerprint density at radius 2 is 2.09 bits per heavy atom. The summed E-state index contributed by atoms with van der Waals surface area (Å²) < 4.78 is 41.6. The van der Waals surface area contributed by atoms with E-state index >= 15 is 0 Å². The molecular formula is C11H16N3NaO7S. The molecule has 10 nitrogen and oxygen atoms in total. The van der Waals surface area contributed by atoms with Gasteiger partial charge in [-0.05, 0) is 6.08 Å². The van der Waals surface area contributed by atoms with Crippen LogP contribution in [0.2, 0.25) is 0 Å². The zero-order valence-electron chi connectivity index (χ0n) is 13.3. The zero-order valence-corrected chi connectivity index (χ0v) is 16.1. The van der Waals surface area contributed by atoms with Crippen LogP contribution in [0.1, 0.15) is 0 Å². The number of hydrogen-bond donors (Lipinski definition) is 0. The minimum Gasteiger partial charge on any atom is -0.724 e. The van der Waals surface area contributed by atoms with E-state index in [4.69, 9.17) is 4.74 Å². The van der Waals surface area contributed by atoms with Crippen molar-refractivity contribution in [2.45, 2.75) is 12.1 Å². The number of hydroxylamine groups is 2. The second-order valence-electron chi connectivity index (χ2n) is 5.10. The molecule has 2 heterocycles. The zero-order chi connectivity index (χ0) is 16.7. The molecule has 1 saturated heterocycles. The van der Waals surface area contributed by atoms with Crippen LogP contribution < -0.4 is 29.6 Å². The average molecular weight is 357 g/mol. The van der Waals surface area contributed by atoms with Crippen LogP contribution in [0.3, 0.4) is 0 Å².